The van der Waals surface area contributed by atoms with Crippen LogP contribution in [0, 0.1) is 5.82 Å². The Morgan fingerprint density at radius 1 is 1.17 bits per heavy atom. The van der Waals surface area contributed by atoms with Gasteiger partial charge in [-0.25, -0.2) is 14.4 Å². The topological polar surface area (TPSA) is 51.0 Å². The van der Waals surface area contributed by atoms with Crippen LogP contribution in [0.5, 0.6) is 0 Å². The van der Waals surface area contributed by atoms with Crippen LogP contribution in [0.4, 0.5) is 22.7 Å². The molecule has 3 aromatic rings. The third-order valence-electron chi connectivity index (χ3n) is 3.09. The average molecular weight is 357 g/mol. The number of rotatable bonds is 5. The van der Waals surface area contributed by atoms with Crippen molar-refractivity contribution < 1.29 is 22.0 Å². The van der Waals surface area contributed by atoms with Crippen LogP contribution in [0.25, 0.3) is 11.5 Å². The van der Waals surface area contributed by atoms with Gasteiger partial charge in [0.25, 0.3) is 0 Å². The Balaban J connectivity index is 1.56. The van der Waals surface area contributed by atoms with Crippen molar-refractivity contribution in [2.24, 2.45) is 0 Å². The molecule has 4 nitrogen and oxygen atoms in total. The van der Waals surface area contributed by atoms with Crippen LogP contribution >= 0.6 is 11.3 Å². The minimum atomic E-state index is -4.38. The Morgan fingerprint density at radius 3 is 2.58 bits per heavy atom. The predicted molar refractivity (Wildman–Crippen MR) is 81.2 cm³/mol. The van der Waals surface area contributed by atoms with E-state index in [2.05, 4.69) is 15.3 Å². The van der Waals surface area contributed by atoms with Gasteiger partial charge in [-0.3, -0.25) is 0 Å². The fourth-order valence-corrected chi connectivity index (χ4v) is 2.64. The van der Waals surface area contributed by atoms with Crippen molar-refractivity contribution in [2.75, 3.05) is 11.9 Å². The molecule has 24 heavy (non-hydrogen) atoms. The summed E-state index contributed by atoms with van der Waals surface area (Å²) in [5.74, 6) is 0.00927. The van der Waals surface area contributed by atoms with Crippen LogP contribution in [0.1, 0.15) is 10.6 Å². The number of halogens is 4. The first-order valence-corrected chi connectivity index (χ1v) is 7.71. The molecule has 0 bridgehead atoms. The summed E-state index contributed by atoms with van der Waals surface area (Å²) in [6, 6.07) is 5.72. The minimum Gasteiger partial charge on any atom is -0.444 e. The normalized spacial score (nSPS) is 11.7. The first-order valence-electron chi connectivity index (χ1n) is 6.89. The molecule has 0 aliphatic carbocycles. The van der Waals surface area contributed by atoms with Gasteiger partial charge >= 0.3 is 6.18 Å². The predicted octanol–water partition coefficient (Wildman–Crippen LogP) is 4.61. The summed E-state index contributed by atoms with van der Waals surface area (Å²) in [4.78, 5) is 7.20. The lowest BCUT2D eigenvalue weighted by Crippen LogP contribution is -2.04. The molecule has 0 fully saturated rings. The zero-order chi connectivity index (χ0) is 17.2. The van der Waals surface area contributed by atoms with Gasteiger partial charge in [-0.1, -0.05) is 11.3 Å². The van der Waals surface area contributed by atoms with Gasteiger partial charge in [-0.2, -0.15) is 13.2 Å². The minimum absolute atomic E-state index is 0.199. The van der Waals surface area contributed by atoms with E-state index in [-0.39, 0.29) is 10.9 Å². The molecule has 0 spiro atoms. The quantitative estimate of drug-likeness (QED) is 0.678. The van der Waals surface area contributed by atoms with Crippen molar-refractivity contribution in [3.8, 4) is 11.5 Å². The lowest BCUT2D eigenvalue weighted by molar-refractivity contribution is -0.134. The maximum Gasteiger partial charge on any atom is 0.427 e. The highest BCUT2D eigenvalue weighted by Crippen LogP contribution is 2.34. The number of hydrogen-bond acceptors (Lipinski definition) is 5. The molecule has 2 heterocycles. The Kier molecular flexibility index (Phi) is 4.52. The highest BCUT2D eigenvalue weighted by atomic mass is 32.1. The Labute approximate surface area is 138 Å². The van der Waals surface area contributed by atoms with E-state index in [9.17, 15) is 17.6 Å². The molecule has 1 N–H and O–H groups in total. The molecule has 1 aromatic carbocycles. The smallest absolute Gasteiger partial charge is 0.427 e. The number of thiazole rings is 1. The maximum absolute atomic E-state index is 12.9. The highest BCUT2D eigenvalue weighted by molar-refractivity contribution is 7.15. The number of alkyl halides is 3. The number of anilines is 1. The summed E-state index contributed by atoms with van der Waals surface area (Å²) in [5.41, 5.74) is 1.28. The van der Waals surface area contributed by atoms with Gasteiger partial charge < -0.3 is 9.73 Å². The van der Waals surface area contributed by atoms with Crippen molar-refractivity contribution >= 4 is 16.5 Å². The van der Waals surface area contributed by atoms with Crippen molar-refractivity contribution in [2.45, 2.75) is 12.6 Å². The molecule has 0 radical (unpaired) electrons. The SMILES string of the molecule is Fc1ccc(-c2nc(CCNc3ncc(C(F)(F)F)s3)co2)cc1. The van der Waals surface area contributed by atoms with E-state index in [4.69, 9.17) is 4.42 Å². The number of oxazole rings is 1. The third-order valence-corrected chi connectivity index (χ3v) is 4.09. The summed E-state index contributed by atoms with van der Waals surface area (Å²) >= 11 is 0.552. The Hall–Kier alpha value is -2.42. The van der Waals surface area contributed by atoms with Gasteiger partial charge in [-0.05, 0) is 24.3 Å². The largest absolute Gasteiger partial charge is 0.444 e. The number of nitrogens with zero attached hydrogens (tertiary/aromatic N) is 2. The van der Waals surface area contributed by atoms with Crippen LogP contribution < -0.4 is 5.32 Å². The fourth-order valence-electron chi connectivity index (χ4n) is 1.93. The molecular weight excluding hydrogens is 346 g/mol. The molecule has 0 atom stereocenters. The van der Waals surface area contributed by atoms with E-state index in [1.807, 2.05) is 0 Å². The molecule has 9 heteroatoms. The average Bonchev–Trinajstić information content (AvgIpc) is 3.17. The molecule has 126 valence electrons. The maximum atomic E-state index is 12.9. The van der Waals surface area contributed by atoms with Crippen molar-refractivity contribution in [3.63, 3.8) is 0 Å². The Bertz CT molecular complexity index is 811. The van der Waals surface area contributed by atoms with Gasteiger partial charge in [0.05, 0.1) is 11.9 Å². The van der Waals surface area contributed by atoms with Crippen LogP contribution in [0.15, 0.2) is 41.1 Å². The van der Waals surface area contributed by atoms with E-state index >= 15 is 0 Å². The van der Waals surface area contributed by atoms with Crippen molar-refractivity contribution in [1.82, 2.24) is 9.97 Å². The monoisotopic (exact) mass is 357 g/mol. The third kappa shape index (κ3) is 3.91. The molecule has 3 rings (SSSR count). The van der Waals surface area contributed by atoms with Gasteiger partial charge in [0.15, 0.2) is 5.13 Å². The van der Waals surface area contributed by atoms with E-state index in [0.29, 0.717) is 41.5 Å². The molecule has 0 aliphatic heterocycles. The second-order valence-corrected chi connectivity index (χ2v) is 5.89. The van der Waals surface area contributed by atoms with Crippen LogP contribution in [-0.4, -0.2) is 16.5 Å². The lowest BCUT2D eigenvalue weighted by Gasteiger charge is -2.01. The summed E-state index contributed by atoms with van der Waals surface area (Å²) in [6.45, 7) is 0.361. The fraction of sp³-hybridized carbons (Fsp3) is 0.200. The van der Waals surface area contributed by atoms with E-state index in [1.165, 1.54) is 18.4 Å². The molecule has 0 unspecified atom stereocenters. The van der Waals surface area contributed by atoms with E-state index < -0.39 is 11.1 Å². The zero-order valence-corrected chi connectivity index (χ0v) is 12.9. The number of aromatic nitrogens is 2. The van der Waals surface area contributed by atoms with Gasteiger partial charge in [0, 0.05) is 18.5 Å². The summed E-state index contributed by atoms with van der Waals surface area (Å²) in [7, 11) is 0. The van der Waals surface area contributed by atoms with Crippen LogP contribution in [-0.2, 0) is 12.6 Å². The highest BCUT2D eigenvalue weighted by Gasteiger charge is 2.33. The summed E-state index contributed by atoms with van der Waals surface area (Å²) in [5, 5.41) is 3.02. The van der Waals surface area contributed by atoms with E-state index in [0.717, 1.165) is 6.20 Å². The molecule has 0 saturated carbocycles. The number of hydrogen-bond donors (Lipinski definition) is 1. The number of benzene rings is 1. The zero-order valence-electron chi connectivity index (χ0n) is 12.1. The lowest BCUT2D eigenvalue weighted by atomic mass is 10.2. The van der Waals surface area contributed by atoms with Gasteiger partial charge in [0.2, 0.25) is 5.89 Å². The van der Waals surface area contributed by atoms with Crippen molar-refractivity contribution in [1.29, 1.82) is 0 Å². The Morgan fingerprint density at radius 2 is 1.92 bits per heavy atom. The molecule has 0 saturated heterocycles. The van der Waals surface area contributed by atoms with E-state index in [1.54, 1.807) is 12.1 Å². The second-order valence-electron chi connectivity index (χ2n) is 4.86. The first-order chi connectivity index (χ1) is 11.4. The first kappa shape index (κ1) is 16.4. The molecule has 0 amide bonds. The van der Waals surface area contributed by atoms with Gasteiger partial charge in [-0.15, -0.1) is 0 Å². The molecule has 2 aromatic heterocycles. The van der Waals surface area contributed by atoms with Crippen molar-refractivity contribution in [3.05, 3.63) is 53.1 Å². The number of nitrogens with one attached hydrogen (secondary N) is 1. The summed E-state index contributed by atoms with van der Waals surface area (Å²) < 4.78 is 55.6. The van der Waals surface area contributed by atoms with Crippen LogP contribution in [0.3, 0.4) is 0 Å². The van der Waals surface area contributed by atoms with Gasteiger partial charge in [0.1, 0.15) is 17.0 Å². The molecule has 0 aliphatic rings. The standard InChI is InChI=1S/C15H11F4N3OS/c16-10-3-1-9(2-4-10)13-22-11(8-23-13)5-6-20-14-21-7-12(24-14)15(17,18)19/h1-4,7-8H,5-6H2,(H,20,21). The second kappa shape index (κ2) is 6.60. The van der Waals surface area contributed by atoms with Crippen LogP contribution in [0.2, 0.25) is 0 Å². The summed E-state index contributed by atoms with van der Waals surface area (Å²) in [6.07, 6.45) is -1.67. The molecular formula is C15H11F4N3OS.